The van der Waals surface area contributed by atoms with Crippen molar-refractivity contribution in [1.82, 2.24) is 4.90 Å². The first-order valence-corrected chi connectivity index (χ1v) is 7.11. The van der Waals surface area contributed by atoms with Crippen LogP contribution in [-0.4, -0.2) is 29.3 Å². The lowest BCUT2D eigenvalue weighted by atomic mass is 10.2. The van der Waals surface area contributed by atoms with Crippen LogP contribution in [0.3, 0.4) is 0 Å². The minimum Gasteiger partial charge on any atom is -0.493 e. The summed E-state index contributed by atoms with van der Waals surface area (Å²) < 4.78 is 11.5. The number of likely N-dealkylation sites (N-methyl/N-ethyl adjacent to an activating group) is 1. The molecular weight excluding hydrogens is 294 g/mol. The van der Waals surface area contributed by atoms with Crippen molar-refractivity contribution in [3.8, 4) is 5.75 Å². The molecule has 1 fully saturated rings. The summed E-state index contributed by atoms with van der Waals surface area (Å²) in [4.78, 5) is 14.0. The summed E-state index contributed by atoms with van der Waals surface area (Å²) in [6.45, 7) is 0. The van der Waals surface area contributed by atoms with Gasteiger partial charge in [0.2, 0.25) is 0 Å². The van der Waals surface area contributed by atoms with E-state index in [1.807, 2.05) is 24.3 Å². The predicted molar refractivity (Wildman–Crippen MR) is 83.7 cm³/mol. The summed E-state index contributed by atoms with van der Waals surface area (Å²) in [7, 11) is 3.26. The Hall–Kier alpha value is -1.79. The van der Waals surface area contributed by atoms with E-state index in [0.717, 1.165) is 5.39 Å². The molecule has 6 heteroatoms. The topological polar surface area (TPSA) is 42.7 Å². The Labute approximate surface area is 125 Å². The molecule has 1 aromatic heterocycles. The van der Waals surface area contributed by atoms with Crippen molar-refractivity contribution in [3.63, 3.8) is 0 Å². The number of carbonyl (C=O) groups is 1. The molecule has 4 nitrogen and oxygen atoms in total. The number of fused-ring (bicyclic) bond motifs is 1. The fourth-order valence-electron chi connectivity index (χ4n) is 1.96. The van der Waals surface area contributed by atoms with Gasteiger partial charge in [0.25, 0.3) is 5.91 Å². The van der Waals surface area contributed by atoms with Crippen LogP contribution in [0.25, 0.3) is 17.0 Å². The molecule has 0 radical (unpaired) electrons. The molecule has 0 saturated carbocycles. The Bertz CT molecular complexity index is 748. The lowest BCUT2D eigenvalue weighted by Crippen LogP contribution is -2.22. The molecule has 0 N–H and O–H groups in total. The lowest BCUT2D eigenvalue weighted by Gasteiger charge is -2.03. The summed E-state index contributed by atoms with van der Waals surface area (Å²) in [6.07, 6.45) is 1.71. The first-order valence-electron chi connectivity index (χ1n) is 5.88. The van der Waals surface area contributed by atoms with Crippen molar-refractivity contribution in [2.24, 2.45) is 0 Å². The highest BCUT2D eigenvalue weighted by Gasteiger charge is 2.29. The van der Waals surface area contributed by atoms with Crippen molar-refractivity contribution < 1.29 is 13.9 Å². The van der Waals surface area contributed by atoms with E-state index in [1.165, 1.54) is 16.7 Å². The van der Waals surface area contributed by atoms with Crippen LogP contribution in [0.5, 0.6) is 5.75 Å². The second-order valence-corrected chi connectivity index (χ2v) is 5.94. The molecule has 0 atom stereocenters. The molecule has 1 aliphatic rings. The number of nitrogens with zero attached hydrogens (tertiary/aromatic N) is 1. The van der Waals surface area contributed by atoms with Crippen molar-refractivity contribution in [1.29, 1.82) is 0 Å². The number of para-hydroxylation sites is 1. The van der Waals surface area contributed by atoms with Crippen LogP contribution in [0.15, 0.2) is 33.6 Å². The van der Waals surface area contributed by atoms with E-state index in [-0.39, 0.29) is 5.91 Å². The number of furan rings is 1. The van der Waals surface area contributed by atoms with E-state index in [9.17, 15) is 4.79 Å². The zero-order valence-corrected chi connectivity index (χ0v) is 12.5. The number of methoxy groups -OCH3 is 1. The Balaban J connectivity index is 2.04. The third-order valence-electron chi connectivity index (χ3n) is 3.01. The highest BCUT2D eigenvalue weighted by atomic mass is 32.2. The van der Waals surface area contributed by atoms with E-state index < -0.39 is 0 Å². The van der Waals surface area contributed by atoms with E-state index in [2.05, 4.69) is 0 Å². The summed E-state index contributed by atoms with van der Waals surface area (Å²) >= 11 is 6.37. The summed E-state index contributed by atoms with van der Waals surface area (Å²) in [5.74, 6) is 1.18. The normalized spacial score (nSPS) is 17.5. The molecule has 3 rings (SSSR count). The van der Waals surface area contributed by atoms with Crippen LogP contribution in [0.1, 0.15) is 5.76 Å². The lowest BCUT2D eigenvalue weighted by molar-refractivity contribution is -0.121. The van der Waals surface area contributed by atoms with Gasteiger partial charge in [-0.15, -0.1) is 0 Å². The van der Waals surface area contributed by atoms with Crippen molar-refractivity contribution in [2.75, 3.05) is 14.2 Å². The van der Waals surface area contributed by atoms with Crippen LogP contribution in [-0.2, 0) is 4.79 Å². The largest absolute Gasteiger partial charge is 0.493 e. The smallest absolute Gasteiger partial charge is 0.266 e. The average Bonchev–Trinajstić information content (AvgIpc) is 2.95. The number of hydrogen-bond acceptors (Lipinski definition) is 5. The molecule has 1 saturated heterocycles. The van der Waals surface area contributed by atoms with Gasteiger partial charge in [-0.2, -0.15) is 0 Å². The second-order valence-electron chi connectivity index (χ2n) is 4.27. The third kappa shape index (κ3) is 2.10. The van der Waals surface area contributed by atoms with E-state index in [4.69, 9.17) is 21.4 Å². The maximum Gasteiger partial charge on any atom is 0.266 e. The van der Waals surface area contributed by atoms with E-state index in [1.54, 1.807) is 20.2 Å². The number of rotatable bonds is 2. The zero-order valence-electron chi connectivity index (χ0n) is 10.9. The standard InChI is InChI=1S/C14H11NO3S2/c1-15-13(16)11(20-14(15)19)7-9-6-8-4-3-5-10(17-2)12(8)18-9/h3-7H,1-2H3/b11-7-. The Morgan fingerprint density at radius 2 is 2.25 bits per heavy atom. The maximum absolute atomic E-state index is 11.9. The Morgan fingerprint density at radius 3 is 2.90 bits per heavy atom. The van der Waals surface area contributed by atoms with Crippen LogP contribution in [0.4, 0.5) is 0 Å². The SMILES string of the molecule is COc1cccc2cc(/C=C3\SC(=S)N(C)C3=O)oc12. The van der Waals surface area contributed by atoms with Gasteiger partial charge in [-0.25, -0.2) is 0 Å². The Kier molecular flexibility index (Phi) is 3.27. The van der Waals surface area contributed by atoms with Crippen molar-refractivity contribution in [3.05, 3.63) is 34.9 Å². The number of hydrogen-bond donors (Lipinski definition) is 0. The molecule has 0 bridgehead atoms. The summed E-state index contributed by atoms with van der Waals surface area (Å²) in [5.41, 5.74) is 0.674. The van der Waals surface area contributed by atoms with Gasteiger partial charge in [-0.3, -0.25) is 9.69 Å². The van der Waals surface area contributed by atoms with Gasteiger partial charge in [0.15, 0.2) is 11.3 Å². The predicted octanol–water partition coefficient (Wildman–Crippen LogP) is 3.27. The van der Waals surface area contributed by atoms with Gasteiger partial charge in [-0.05, 0) is 12.1 Å². The first kappa shape index (κ1) is 13.2. The monoisotopic (exact) mass is 305 g/mol. The minimum absolute atomic E-state index is 0.104. The quantitative estimate of drug-likeness (QED) is 0.629. The minimum atomic E-state index is -0.104. The number of carbonyl (C=O) groups excluding carboxylic acids is 1. The van der Waals surface area contributed by atoms with Crippen LogP contribution in [0.2, 0.25) is 0 Å². The number of thiocarbonyl (C=S) groups is 1. The molecular formula is C14H11NO3S2. The van der Waals surface area contributed by atoms with Crippen LogP contribution < -0.4 is 4.74 Å². The second kappa shape index (κ2) is 4.96. The van der Waals surface area contributed by atoms with Crippen molar-refractivity contribution >= 4 is 51.3 Å². The van der Waals surface area contributed by atoms with Crippen molar-refractivity contribution in [2.45, 2.75) is 0 Å². The third-order valence-corrected chi connectivity index (χ3v) is 4.49. The molecule has 102 valence electrons. The van der Waals surface area contributed by atoms with E-state index in [0.29, 0.717) is 26.3 Å². The fourth-order valence-corrected chi connectivity index (χ4v) is 3.12. The molecule has 1 amide bonds. The van der Waals surface area contributed by atoms with Gasteiger partial charge in [0.1, 0.15) is 10.1 Å². The molecule has 20 heavy (non-hydrogen) atoms. The number of amides is 1. The first-order chi connectivity index (χ1) is 9.60. The highest BCUT2D eigenvalue weighted by molar-refractivity contribution is 8.26. The van der Waals surface area contributed by atoms with Gasteiger partial charge >= 0.3 is 0 Å². The molecule has 1 aromatic carbocycles. The molecule has 0 spiro atoms. The zero-order chi connectivity index (χ0) is 14.3. The van der Waals surface area contributed by atoms with Gasteiger partial charge < -0.3 is 9.15 Å². The molecule has 0 aliphatic carbocycles. The fraction of sp³-hybridized carbons (Fsp3) is 0.143. The number of benzene rings is 1. The molecule has 1 aliphatic heterocycles. The van der Waals surface area contributed by atoms with E-state index >= 15 is 0 Å². The van der Waals surface area contributed by atoms with Crippen LogP contribution in [0, 0.1) is 0 Å². The highest BCUT2D eigenvalue weighted by Crippen LogP contribution is 2.34. The van der Waals surface area contributed by atoms with Gasteiger partial charge in [0, 0.05) is 18.5 Å². The summed E-state index contributed by atoms with van der Waals surface area (Å²) in [6, 6.07) is 7.54. The molecule has 0 unspecified atom stereocenters. The van der Waals surface area contributed by atoms with Crippen LogP contribution >= 0.6 is 24.0 Å². The van der Waals surface area contributed by atoms with Gasteiger partial charge in [0.05, 0.1) is 12.0 Å². The number of thioether (sulfide) groups is 1. The maximum atomic E-state index is 11.9. The molecule has 2 aromatic rings. The average molecular weight is 305 g/mol. The number of ether oxygens (including phenoxy) is 1. The van der Waals surface area contributed by atoms with Gasteiger partial charge in [-0.1, -0.05) is 36.1 Å². The Morgan fingerprint density at radius 1 is 1.45 bits per heavy atom. The molecule has 2 heterocycles. The summed E-state index contributed by atoms with van der Waals surface area (Å²) in [5, 5.41) is 0.933.